The Kier molecular flexibility index (Phi) is 8.23. The summed E-state index contributed by atoms with van der Waals surface area (Å²) in [5.41, 5.74) is 6.93. The molecule has 0 fully saturated rings. The van der Waals surface area contributed by atoms with E-state index in [9.17, 15) is 9.59 Å². The molecule has 0 bridgehead atoms. The molecule has 0 heterocycles. The number of nitrogens with one attached hydrogen (secondary N) is 3. The predicted molar refractivity (Wildman–Crippen MR) is 112 cm³/mol. The Morgan fingerprint density at radius 3 is 2.17 bits per heavy atom. The van der Waals surface area contributed by atoms with E-state index in [1.807, 2.05) is 18.2 Å². The number of ether oxygens (including phenoxy) is 3. The molecule has 0 radical (unpaired) electrons. The van der Waals surface area contributed by atoms with Crippen LogP contribution in [0, 0.1) is 0 Å². The second-order valence-corrected chi connectivity index (χ2v) is 6.25. The fourth-order valence-corrected chi connectivity index (χ4v) is 2.62. The van der Waals surface area contributed by atoms with Gasteiger partial charge in [0.1, 0.15) is 0 Å². The summed E-state index contributed by atoms with van der Waals surface area (Å²) in [7, 11) is 4.47. The lowest BCUT2D eigenvalue weighted by Crippen LogP contribution is -2.47. The molecule has 0 saturated heterocycles. The number of hydrazine groups is 1. The van der Waals surface area contributed by atoms with E-state index >= 15 is 0 Å². The van der Waals surface area contributed by atoms with Crippen molar-refractivity contribution in [2.75, 3.05) is 27.9 Å². The molecule has 154 valence electrons. The van der Waals surface area contributed by atoms with E-state index in [2.05, 4.69) is 20.9 Å². The van der Waals surface area contributed by atoms with Crippen molar-refractivity contribution in [1.82, 2.24) is 16.2 Å². The normalized spacial score (nSPS) is 9.90. The Labute approximate surface area is 174 Å². The van der Waals surface area contributed by atoms with E-state index < -0.39 is 5.97 Å². The summed E-state index contributed by atoms with van der Waals surface area (Å²) in [5.74, 6) is 0.486. The maximum absolute atomic E-state index is 12.1. The molecule has 0 aliphatic heterocycles. The molecule has 8 nitrogen and oxygen atoms in total. The largest absolute Gasteiger partial charge is 0.493 e. The van der Waals surface area contributed by atoms with Gasteiger partial charge in [-0.05, 0) is 60.6 Å². The molecule has 2 aromatic carbocycles. The number of hydrogen-bond donors (Lipinski definition) is 3. The van der Waals surface area contributed by atoms with E-state index in [4.69, 9.17) is 21.7 Å². The van der Waals surface area contributed by atoms with Crippen molar-refractivity contribution in [3.8, 4) is 11.5 Å². The number of hydrogen-bond acceptors (Lipinski definition) is 6. The van der Waals surface area contributed by atoms with Gasteiger partial charge in [-0.3, -0.25) is 15.6 Å². The summed E-state index contributed by atoms with van der Waals surface area (Å²) >= 11 is 5.15. The van der Waals surface area contributed by atoms with Crippen molar-refractivity contribution in [3.05, 3.63) is 59.2 Å². The molecule has 3 N–H and O–H groups in total. The molecule has 0 aromatic heterocycles. The SMILES string of the molecule is COC(=O)c1ccc(C(=O)NNC(=S)NCCc2ccc(OC)c(OC)c2)cc1. The molecule has 0 atom stereocenters. The number of rotatable bonds is 7. The van der Waals surface area contributed by atoms with Crippen LogP contribution in [-0.4, -0.2) is 44.9 Å². The number of carbonyl (C=O) groups excluding carboxylic acids is 2. The highest BCUT2D eigenvalue weighted by molar-refractivity contribution is 7.80. The van der Waals surface area contributed by atoms with Crippen LogP contribution in [0.15, 0.2) is 42.5 Å². The van der Waals surface area contributed by atoms with Gasteiger partial charge in [-0.25, -0.2) is 4.79 Å². The molecule has 2 rings (SSSR count). The highest BCUT2D eigenvalue weighted by atomic mass is 32.1. The van der Waals surface area contributed by atoms with Crippen LogP contribution < -0.4 is 25.6 Å². The van der Waals surface area contributed by atoms with Gasteiger partial charge in [-0.2, -0.15) is 0 Å². The summed E-state index contributed by atoms with van der Waals surface area (Å²) in [6.45, 7) is 0.561. The van der Waals surface area contributed by atoms with Crippen molar-refractivity contribution < 1.29 is 23.8 Å². The topological polar surface area (TPSA) is 97.9 Å². The number of esters is 1. The van der Waals surface area contributed by atoms with Crippen LogP contribution in [0.2, 0.25) is 0 Å². The standard InChI is InChI=1S/C20H23N3O5S/c1-26-16-9-4-13(12-17(16)27-2)10-11-21-20(29)23-22-18(24)14-5-7-15(8-6-14)19(25)28-3/h4-9,12H,10-11H2,1-3H3,(H,22,24)(H2,21,23,29). The maximum atomic E-state index is 12.1. The van der Waals surface area contributed by atoms with Crippen LogP contribution in [0.4, 0.5) is 0 Å². The second-order valence-electron chi connectivity index (χ2n) is 5.84. The summed E-state index contributed by atoms with van der Waals surface area (Å²) in [4.78, 5) is 23.5. The molecule has 29 heavy (non-hydrogen) atoms. The third-order valence-corrected chi connectivity index (χ3v) is 4.25. The van der Waals surface area contributed by atoms with Gasteiger partial charge in [0.15, 0.2) is 16.6 Å². The fraction of sp³-hybridized carbons (Fsp3) is 0.250. The smallest absolute Gasteiger partial charge is 0.337 e. The Morgan fingerprint density at radius 1 is 0.897 bits per heavy atom. The van der Waals surface area contributed by atoms with E-state index in [-0.39, 0.29) is 11.0 Å². The lowest BCUT2D eigenvalue weighted by Gasteiger charge is -2.13. The van der Waals surface area contributed by atoms with Crippen molar-refractivity contribution in [2.24, 2.45) is 0 Å². The Hall–Kier alpha value is -3.33. The predicted octanol–water partition coefficient (Wildman–Crippen LogP) is 1.84. The summed E-state index contributed by atoms with van der Waals surface area (Å²) < 4.78 is 15.1. The van der Waals surface area contributed by atoms with Gasteiger partial charge in [-0.15, -0.1) is 0 Å². The highest BCUT2D eigenvalue weighted by Crippen LogP contribution is 2.27. The van der Waals surface area contributed by atoms with Gasteiger partial charge in [0.2, 0.25) is 0 Å². The van der Waals surface area contributed by atoms with Crippen LogP contribution in [0.1, 0.15) is 26.3 Å². The van der Waals surface area contributed by atoms with E-state index in [1.165, 1.54) is 31.4 Å². The van der Waals surface area contributed by atoms with Crippen LogP contribution >= 0.6 is 12.2 Å². The first-order valence-electron chi connectivity index (χ1n) is 8.72. The molecule has 9 heteroatoms. The lowest BCUT2D eigenvalue weighted by atomic mass is 10.1. The minimum atomic E-state index is -0.463. The Bertz CT molecular complexity index is 871. The molecule has 0 aliphatic rings. The molecule has 0 unspecified atom stereocenters. The van der Waals surface area contributed by atoms with Crippen LogP contribution in [0.5, 0.6) is 11.5 Å². The Balaban J connectivity index is 1.77. The van der Waals surface area contributed by atoms with Crippen molar-refractivity contribution in [2.45, 2.75) is 6.42 Å². The van der Waals surface area contributed by atoms with Gasteiger partial charge < -0.3 is 19.5 Å². The van der Waals surface area contributed by atoms with Crippen molar-refractivity contribution in [1.29, 1.82) is 0 Å². The molecule has 0 saturated carbocycles. The monoisotopic (exact) mass is 417 g/mol. The second kappa shape index (κ2) is 10.9. The fourth-order valence-electron chi connectivity index (χ4n) is 2.46. The number of benzene rings is 2. The zero-order valence-electron chi connectivity index (χ0n) is 16.4. The number of methoxy groups -OCH3 is 3. The van der Waals surface area contributed by atoms with Crippen molar-refractivity contribution in [3.63, 3.8) is 0 Å². The first kappa shape index (κ1) is 22.0. The average molecular weight is 417 g/mol. The summed E-state index contributed by atoms with van der Waals surface area (Å²) in [6, 6.07) is 11.8. The van der Waals surface area contributed by atoms with Crippen LogP contribution in [0.3, 0.4) is 0 Å². The quantitative estimate of drug-likeness (QED) is 0.357. The molecule has 0 aliphatic carbocycles. The van der Waals surface area contributed by atoms with Crippen LogP contribution in [0.25, 0.3) is 0 Å². The number of carbonyl (C=O) groups is 2. The van der Waals surface area contributed by atoms with Gasteiger partial charge in [0.05, 0.1) is 26.9 Å². The third-order valence-electron chi connectivity index (χ3n) is 4.00. The highest BCUT2D eigenvalue weighted by Gasteiger charge is 2.09. The first-order valence-corrected chi connectivity index (χ1v) is 9.12. The molecule has 1 amide bonds. The minimum absolute atomic E-state index is 0.282. The Morgan fingerprint density at radius 2 is 1.55 bits per heavy atom. The number of amides is 1. The number of thiocarbonyl (C=S) groups is 1. The lowest BCUT2D eigenvalue weighted by molar-refractivity contribution is 0.0600. The third kappa shape index (κ3) is 6.35. The van der Waals surface area contributed by atoms with Crippen molar-refractivity contribution >= 4 is 29.2 Å². The minimum Gasteiger partial charge on any atom is -0.493 e. The van der Waals surface area contributed by atoms with E-state index in [1.54, 1.807) is 14.2 Å². The van der Waals surface area contributed by atoms with Gasteiger partial charge in [0.25, 0.3) is 5.91 Å². The molecular weight excluding hydrogens is 394 g/mol. The van der Waals surface area contributed by atoms with E-state index in [0.29, 0.717) is 35.6 Å². The van der Waals surface area contributed by atoms with Crippen LogP contribution in [-0.2, 0) is 11.2 Å². The average Bonchev–Trinajstić information content (AvgIpc) is 2.76. The first-order chi connectivity index (χ1) is 14.0. The zero-order chi connectivity index (χ0) is 21.2. The zero-order valence-corrected chi connectivity index (χ0v) is 17.2. The maximum Gasteiger partial charge on any atom is 0.337 e. The summed E-state index contributed by atoms with van der Waals surface area (Å²) in [5, 5.41) is 3.29. The van der Waals surface area contributed by atoms with E-state index in [0.717, 1.165) is 5.56 Å². The van der Waals surface area contributed by atoms with Gasteiger partial charge in [-0.1, -0.05) is 6.07 Å². The molecular formula is C20H23N3O5S. The summed E-state index contributed by atoms with van der Waals surface area (Å²) in [6.07, 6.45) is 0.700. The van der Waals surface area contributed by atoms with Gasteiger partial charge in [0, 0.05) is 12.1 Å². The molecule has 2 aromatic rings. The van der Waals surface area contributed by atoms with Gasteiger partial charge >= 0.3 is 5.97 Å². The molecule has 0 spiro atoms.